The summed E-state index contributed by atoms with van der Waals surface area (Å²) in [6, 6.07) is 3.81. The second kappa shape index (κ2) is 3.41. The maximum atomic E-state index is 10.4. The van der Waals surface area contributed by atoms with Crippen LogP contribution in [0.2, 0.25) is 0 Å². The Hall–Kier alpha value is -1.97. The molecule has 2 aromatic rings. The van der Waals surface area contributed by atoms with Crippen LogP contribution >= 0.6 is 0 Å². The molecular formula is C10H9N3O. The van der Waals surface area contributed by atoms with E-state index < -0.39 is 0 Å². The standard InChI is InChI=1S/C10H9N3O/c1-7-2-3-8(4-11-7)10-12-5-9(6-14)13-10/h2-6H,1H3,(H,12,13). The van der Waals surface area contributed by atoms with E-state index in [1.807, 2.05) is 19.1 Å². The normalized spacial score (nSPS) is 10.1. The summed E-state index contributed by atoms with van der Waals surface area (Å²) >= 11 is 0. The second-order valence-electron chi connectivity index (χ2n) is 2.99. The molecule has 0 aromatic carbocycles. The third-order valence-corrected chi connectivity index (χ3v) is 1.91. The Morgan fingerprint density at radius 3 is 2.71 bits per heavy atom. The molecule has 4 nitrogen and oxygen atoms in total. The number of aromatic amines is 1. The highest BCUT2D eigenvalue weighted by molar-refractivity contribution is 5.73. The van der Waals surface area contributed by atoms with Crippen molar-refractivity contribution in [3.63, 3.8) is 0 Å². The van der Waals surface area contributed by atoms with Crippen molar-refractivity contribution in [2.45, 2.75) is 6.92 Å². The first-order valence-electron chi connectivity index (χ1n) is 4.23. The number of aromatic nitrogens is 3. The summed E-state index contributed by atoms with van der Waals surface area (Å²) in [6.07, 6.45) is 3.96. The van der Waals surface area contributed by atoms with Gasteiger partial charge in [0.15, 0.2) is 6.29 Å². The maximum Gasteiger partial charge on any atom is 0.167 e. The van der Waals surface area contributed by atoms with Crippen molar-refractivity contribution in [1.82, 2.24) is 15.0 Å². The quantitative estimate of drug-likeness (QED) is 0.726. The van der Waals surface area contributed by atoms with Gasteiger partial charge in [0.05, 0.1) is 11.9 Å². The van der Waals surface area contributed by atoms with Crippen molar-refractivity contribution in [3.05, 3.63) is 35.9 Å². The van der Waals surface area contributed by atoms with Gasteiger partial charge in [-0.3, -0.25) is 9.78 Å². The zero-order valence-electron chi connectivity index (χ0n) is 7.69. The number of carbonyl (C=O) groups is 1. The molecule has 0 radical (unpaired) electrons. The van der Waals surface area contributed by atoms with E-state index in [4.69, 9.17) is 0 Å². The lowest BCUT2D eigenvalue weighted by Crippen LogP contribution is -1.85. The zero-order chi connectivity index (χ0) is 9.97. The second-order valence-corrected chi connectivity index (χ2v) is 2.99. The molecule has 0 unspecified atom stereocenters. The van der Waals surface area contributed by atoms with Gasteiger partial charge in [0, 0.05) is 17.5 Å². The van der Waals surface area contributed by atoms with Gasteiger partial charge < -0.3 is 4.98 Å². The largest absolute Gasteiger partial charge is 0.336 e. The topological polar surface area (TPSA) is 58.6 Å². The number of aryl methyl sites for hydroxylation is 1. The minimum atomic E-state index is 0.473. The predicted molar refractivity (Wildman–Crippen MR) is 51.9 cm³/mol. The molecular weight excluding hydrogens is 178 g/mol. The molecule has 4 heteroatoms. The number of H-pyrrole nitrogens is 1. The van der Waals surface area contributed by atoms with Gasteiger partial charge in [-0.05, 0) is 19.1 Å². The molecule has 14 heavy (non-hydrogen) atoms. The van der Waals surface area contributed by atoms with E-state index >= 15 is 0 Å². The van der Waals surface area contributed by atoms with Gasteiger partial charge >= 0.3 is 0 Å². The maximum absolute atomic E-state index is 10.4. The van der Waals surface area contributed by atoms with Gasteiger partial charge in [-0.1, -0.05) is 0 Å². The Kier molecular flexibility index (Phi) is 2.10. The first-order chi connectivity index (χ1) is 6.79. The van der Waals surface area contributed by atoms with E-state index in [1.54, 1.807) is 6.20 Å². The molecule has 2 heterocycles. The lowest BCUT2D eigenvalue weighted by atomic mass is 10.2. The predicted octanol–water partition coefficient (Wildman–Crippen LogP) is 1.59. The van der Waals surface area contributed by atoms with Crippen molar-refractivity contribution in [1.29, 1.82) is 0 Å². The molecule has 1 N–H and O–H groups in total. The number of nitrogens with zero attached hydrogens (tertiary/aromatic N) is 2. The van der Waals surface area contributed by atoms with Gasteiger partial charge in [0.25, 0.3) is 0 Å². The van der Waals surface area contributed by atoms with Crippen LogP contribution in [-0.4, -0.2) is 21.2 Å². The Morgan fingerprint density at radius 1 is 1.29 bits per heavy atom. The summed E-state index contributed by atoms with van der Waals surface area (Å²) in [5.41, 5.74) is 2.31. The summed E-state index contributed by atoms with van der Waals surface area (Å²) in [7, 11) is 0. The Morgan fingerprint density at radius 2 is 2.14 bits per heavy atom. The number of pyridine rings is 1. The number of rotatable bonds is 2. The van der Waals surface area contributed by atoms with E-state index in [9.17, 15) is 4.79 Å². The molecule has 0 spiro atoms. The molecule has 0 atom stereocenters. The van der Waals surface area contributed by atoms with Crippen LogP contribution in [0.3, 0.4) is 0 Å². The average Bonchev–Trinajstić information content (AvgIpc) is 2.67. The molecule has 0 aliphatic rings. The molecule has 2 rings (SSSR count). The van der Waals surface area contributed by atoms with Crippen LogP contribution in [0.5, 0.6) is 0 Å². The van der Waals surface area contributed by atoms with E-state index in [0.29, 0.717) is 11.5 Å². The number of aldehydes is 1. The molecule has 0 amide bonds. The van der Waals surface area contributed by atoms with E-state index in [-0.39, 0.29) is 0 Å². The lowest BCUT2D eigenvalue weighted by Gasteiger charge is -1.95. The van der Waals surface area contributed by atoms with Gasteiger partial charge in [-0.25, -0.2) is 4.98 Å². The molecule has 0 fully saturated rings. The summed E-state index contributed by atoms with van der Waals surface area (Å²) in [6.45, 7) is 1.92. The number of carbonyl (C=O) groups excluding carboxylic acids is 1. The molecule has 0 bridgehead atoms. The highest BCUT2D eigenvalue weighted by Gasteiger charge is 2.02. The van der Waals surface area contributed by atoms with Crippen LogP contribution in [0.25, 0.3) is 11.4 Å². The Labute approximate surface area is 81.0 Å². The minimum Gasteiger partial charge on any atom is -0.336 e. The minimum absolute atomic E-state index is 0.473. The van der Waals surface area contributed by atoms with Crippen LogP contribution in [0.4, 0.5) is 0 Å². The third kappa shape index (κ3) is 1.54. The Bertz CT molecular complexity index is 445. The number of nitrogens with one attached hydrogen (secondary N) is 1. The van der Waals surface area contributed by atoms with Crippen molar-refractivity contribution in [2.24, 2.45) is 0 Å². The van der Waals surface area contributed by atoms with Crippen LogP contribution in [-0.2, 0) is 0 Å². The van der Waals surface area contributed by atoms with E-state index in [0.717, 1.165) is 17.5 Å². The van der Waals surface area contributed by atoms with Crippen molar-refractivity contribution < 1.29 is 4.79 Å². The van der Waals surface area contributed by atoms with Gasteiger partial charge in [0.1, 0.15) is 5.82 Å². The number of imidazole rings is 1. The number of hydrogen-bond donors (Lipinski definition) is 1. The SMILES string of the molecule is Cc1ccc(-c2ncc(C=O)[nH]2)cn1. The van der Waals surface area contributed by atoms with Gasteiger partial charge in [-0.2, -0.15) is 0 Å². The fraction of sp³-hybridized carbons (Fsp3) is 0.100. The fourth-order valence-corrected chi connectivity index (χ4v) is 1.15. The molecule has 0 aliphatic carbocycles. The lowest BCUT2D eigenvalue weighted by molar-refractivity contribution is 0.111. The van der Waals surface area contributed by atoms with E-state index in [1.165, 1.54) is 6.20 Å². The Balaban J connectivity index is 2.39. The molecule has 2 aromatic heterocycles. The highest BCUT2D eigenvalue weighted by atomic mass is 16.1. The summed E-state index contributed by atoms with van der Waals surface area (Å²) in [5.74, 6) is 0.666. The zero-order valence-corrected chi connectivity index (χ0v) is 7.69. The van der Waals surface area contributed by atoms with Gasteiger partial charge in [-0.15, -0.1) is 0 Å². The fourth-order valence-electron chi connectivity index (χ4n) is 1.15. The van der Waals surface area contributed by atoms with Crippen LogP contribution < -0.4 is 0 Å². The first-order valence-corrected chi connectivity index (χ1v) is 4.23. The highest BCUT2D eigenvalue weighted by Crippen LogP contribution is 2.13. The van der Waals surface area contributed by atoms with Crippen LogP contribution in [0.1, 0.15) is 16.2 Å². The number of hydrogen-bond acceptors (Lipinski definition) is 3. The third-order valence-electron chi connectivity index (χ3n) is 1.91. The van der Waals surface area contributed by atoms with E-state index in [2.05, 4.69) is 15.0 Å². The summed E-state index contributed by atoms with van der Waals surface area (Å²) in [4.78, 5) is 21.5. The van der Waals surface area contributed by atoms with Gasteiger partial charge in [0.2, 0.25) is 0 Å². The molecule has 0 saturated heterocycles. The van der Waals surface area contributed by atoms with Crippen LogP contribution in [0.15, 0.2) is 24.5 Å². The van der Waals surface area contributed by atoms with Crippen LogP contribution in [0, 0.1) is 6.92 Å². The molecule has 0 aliphatic heterocycles. The average molecular weight is 187 g/mol. The summed E-state index contributed by atoms with van der Waals surface area (Å²) in [5, 5.41) is 0. The smallest absolute Gasteiger partial charge is 0.167 e. The monoisotopic (exact) mass is 187 g/mol. The molecule has 0 saturated carbocycles. The van der Waals surface area contributed by atoms with Crippen molar-refractivity contribution >= 4 is 6.29 Å². The first kappa shape index (κ1) is 8.62. The molecule has 70 valence electrons. The van der Waals surface area contributed by atoms with Crippen molar-refractivity contribution in [2.75, 3.05) is 0 Å². The van der Waals surface area contributed by atoms with Crippen molar-refractivity contribution in [3.8, 4) is 11.4 Å². The summed E-state index contributed by atoms with van der Waals surface area (Å²) < 4.78 is 0.